The third-order valence-electron chi connectivity index (χ3n) is 5.66. The Labute approximate surface area is 181 Å². The Morgan fingerprint density at radius 2 is 2.00 bits per heavy atom. The lowest BCUT2D eigenvalue weighted by Crippen LogP contribution is -2.35. The Hall–Kier alpha value is -4.21. The minimum Gasteiger partial charge on any atom is -0.314 e. The molecular weight excluding hydrogens is 414 g/mol. The van der Waals surface area contributed by atoms with Crippen LogP contribution in [-0.2, 0) is 0 Å². The molecule has 2 aliphatic rings. The van der Waals surface area contributed by atoms with Crippen molar-refractivity contribution in [2.24, 2.45) is 0 Å². The van der Waals surface area contributed by atoms with Crippen LogP contribution in [0.15, 0.2) is 67.0 Å². The molecule has 32 heavy (non-hydrogen) atoms. The van der Waals surface area contributed by atoms with Gasteiger partial charge in [-0.05, 0) is 30.7 Å². The van der Waals surface area contributed by atoms with Crippen LogP contribution in [-0.4, -0.2) is 34.3 Å². The van der Waals surface area contributed by atoms with Crippen LogP contribution in [0.25, 0.3) is 23.0 Å². The number of fused-ring (bicyclic) bond motifs is 3. The summed E-state index contributed by atoms with van der Waals surface area (Å²) in [5.41, 5.74) is 1.77. The molecule has 1 aliphatic carbocycles. The minimum atomic E-state index is -0.968. The second-order valence-corrected chi connectivity index (χ2v) is 7.40. The molecule has 1 unspecified atom stereocenters. The highest BCUT2D eigenvalue weighted by molar-refractivity contribution is 5.68. The topological polar surface area (TPSA) is 77.5 Å². The van der Waals surface area contributed by atoms with Gasteiger partial charge in [-0.1, -0.05) is 19.1 Å². The highest BCUT2D eigenvalue weighted by Crippen LogP contribution is 2.41. The molecule has 0 fully saturated rings. The summed E-state index contributed by atoms with van der Waals surface area (Å²) in [5, 5.41) is 8.40. The van der Waals surface area contributed by atoms with Gasteiger partial charge in [-0.25, -0.2) is 18.7 Å². The van der Waals surface area contributed by atoms with E-state index in [4.69, 9.17) is 4.98 Å². The molecule has 1 atom stereocenters. The van der Waals surface area contributed by atoms with Crippen LogP contribution in [0.4, 0.5) is 14.6 Å². The van der Waals surface area contributed by atoms with Crippen LogP contribution >= 0.6 is 0 Å². The average molecular weight is 430 g/mol. The van der Waals surface area contributed by atoms with E-state index in [0.29, 0.717) is 11.8 Å². The van der Waals surface area contributed by atoms with Crippen molar-refractivity contribution in [3.63, 3.8) is 0 Å². The van der Waals surface area contributed by atoms with Gasteiger partial charge in [0.05, 0.1) is 17.8 Å². The molecule has 158 valence electrons. The Balaban J connectivity index is 1.53. The number of aromatic nitrogens is 7. The molecule has 1 aromatic carbocycles. The molecule has 0 N–H and O–H groups in total. The molecule has 0 amide bonds. The first-order chi connectivity index (χ1) is 15.7. The number of allylic oxidation sites excluding steroid dienone is 3. The van der Waals surface area contributed by atoms with Crippen LogP contribution in [0, 0.1) is 11.6 Å². The summed E-state index contributed by atoms with van der Waals surface area (Å²) in [6.45, 7) is 2.08. The van der Waals surface area contributed by atoms with Crippen LogP contribution in [0.3, 0.4) is 0 Å². The predicted molar refractivity (Wildman–Crippen MR) is 112 cm³/mol. The van der Waals surface area contributed by atoms with Crippen molar-refractivity contribution >= 4 is 5.82 Å². The number of hydrogen-bond acceptors (Lipinski definition) is 6. The van der Waals surface area contributed by atoms with Gasteiger partial charge in [0, 0.05) is 18.1 Å². The molecule has 3 aromatic heterocycles. The molecule has 10 heteroatoms. The van der Waals surface area contributed by atoms with Crippen molar-refractivity contribution in [1.82, 2.24) is 34.3 Å². The van der Waals surface area contributed by atoms with Gasteiger partial charge in [-0.2, -0.15) is 4.98 Å². The van der Waals surface area contributed by atoms with Crippen molar-refractivity contribution in [3.8, 4) is 23.0 Å². The maximum Gasteiger partial charge on any atom is 0.237 e. The molecule has 0 bridgehead atoms. The van der Waals surface area contributed by atoms with Gasteiger partial charge in [0.15, 0.2) is 23.3 Å². The van der Waals surface area contributed by atoms with Gasteiger partial charge < -0.3 is 4.90 Å². The lowest BCUT2D eigenvalue weighted by molar-refractivity contribution is 0.510. The van der Waals surface area contributed by atoms with Crippen molar-refractivity contribution < 1.29 is 8.78 Å². The molecule has 0 spiro atoms. The fourth-order valence-electron chi connectivity index (χ4n) is 4.09. The van der Waals surface area contributed by atoms with Gasteiger partial charge >= 0.3 is 0 Å². The zero-order valence-corrected chi connectivity index (χ0v) is 16.9. The first kappa shape index (κ1) is 18.6. The Bertz CT molecular complexity index is 1420. The number of nitrogens with zero attached hydrogens (tertiary/aromatic N) is 8. The van der Waals surface area contributed by atoms with E-state index in [1.165, 1.54) is 18.3 Å². The molecule has 4 aromatic rings. The second-order valence-electron chi connectivity index (χ2n) is 7.40. The monoisotopic (exact) mass is 430 g/mol. The molecule has 0 saturated heterocycles. The number of benzene rings is 1. The number of halogens is 2. The zero-order chi connectivity index (χ0) is 21.8. The standard InChI is InChI=1S/C22H16F2N8/c1-2-16-21-29-27-12-31(21)17-11-26-22(28-20(17)32(16)13-5-3-6-13)30-10-9-25-19(30)14-7-4-8-15(23)18(14)24/h3-12,16H,2H2,1H3. The molecule has 0 saturated carbocycles. The third kappa shape index (κ3) is 2.55. The summed E-state index contributed by atoms with van der Waals surface area (Å²) in [5.74, 6) is 0.0739. The summed E-state index contributed by atoms with van der Waals surface area (Å²) in [7, 11) is 0. The van der Waals surface area contributed by atoms with E-state index in [9.17, 15) is 8.78 Å². The fraction of sp³-hybridized carbons (Fsp3) is 0.136. The largest absolute Gasteiger partial charge is 0.314 e. The van der Waals surface area contributed by atoms with Crippen molar-refractivity contribution in [2.75, 3.05) is 4.90 Å². The van der Waals surface area contributed by atoms with Crippen LogP contribution in [0.1, 0.15) is 25.2 Å². The fourth-order valence-corrected chi connectivity index (χ4v) is 4.09. The van der Waals surface area contributed by atoms with Crippen LogP contribution in [0.2, 0.25) is 0 Å². The van der Waals surface area contributed by atoms with Gasteiger partial charge in [0.25, 0.3) is 0 Å². The summed E-state index contributed by atoms with van der Waals surface area (Å²) in [6, 6.07) is 3.92. The molecule has 8 nitrogen and oxygen atoms in total. The Kier molecular flexibility index (Phi) is 4.00. The second kappa shape index (κ2) is 6.91. The quantitative estimate of drug-likeness (QED) is 0.489. The normalized spacial score (nSPS) is 16.4. The molecule has 0 radical (unpaired) electrons. The first-order valence-corrected chi connectivity index (χ1v) is 10.1. The van der Waals surface area contributed by atoms with Gasteiger partial charge in [0.1, 0.15) is 17.8 Å². The number of anilines is 1. The van der Waals surface area contributed by atoms with Crippen LogP contribution in [0.5, 0.6) is 0 Å². The molecule has 6 rings (SSSR count). The highest BCUT2D eigenvalue weighted by atomic mass is 19.2. The Morgan fingerprint density at radius 1 is 1.12 bits per heavy atom. The van der Waals surface area contributed by atoms with E-state index in [1.54, 1.807) is 23.3 Å². The van der Waals surface area contributed by atoms with Gasteiger partial charge in [-0.3, -0.25) is 9.13 Å². The lowest BCUT2D eigenvalue weighted by Gasteiger charge is -2.38. The maximum atomic E-state index is 14.5. The first-order valence-electron chi connectivity index (χ1n) is 10.1. The SMILES string of the molecule is CCC1c2nncn2-c2cnc(-n3ccnc3-c3cccc(F)c3F)nc2N1C1=CC=C1. The highest BCUT2D eigenvalue weighted by Gasteiger charge is 2.36. The smallest absolute Gasteiger partial charge is 0.237 e. The molecule has 1 aliphatic heterocycles. The van der Waals surface area contributed by atoms with E-state index in [1.807, 2.05) is 22.8 Å². The number of rotatable bonds is 4. The predicted octanol–water partition coefficient (Wildman–Crippen LogP) is 3.91. The van der Waals surface area contributed by atoms with Crippen molar-refractivity contribution in [2.45, 2.75) is 19.4 Å². The van der Waals surface area contributed by atoms with E-state index in [0.717, 1.165) is 29.7 Å². The van der Waals surface area contributed by atoms with E-state index >= 15 is 0 Å². The lowest BCUT2D eigenvalue weighted by atomic mass is 10.1. The molecule has 4 heterocycles. The van der Waals surface area contributed by atoms with Crippen LogP contribution < -0.4 is 4.90 Å². The third-order valence-corrected chi connectivity index (χ3v) is 5.66. The molecular formula is C22H16F2N8. The summed E-state index contributed by atoms with van der Waals surface area (Å²) in [6.07, 6.45) is 13.2. The average Bonchev–Trinajstić information content (AvgIpc) is 3.44. The maximum absolute atomic E-state index is 14.5. The summed E-state index contributed by atoms with van der Waals surface area (Å²) < 4.78 is 31.7. The van der Waals surface area contributed by atoms with E-state index in [2.05, 4.69) is 32.0 Å². The van der Waals surface area contributed by atoms with Gasteiger partial charge in [-0.15, -0.1) is 10.2 Å². The van der Waals surface area contributed by atoms with Crippen molar-refractivity contribution in [3.05, 3.63) is 84.5 Å². The van der Waals surface area contributed by atoms with Crippen molar-refractivity contribution in [1.29, 1.82) is 0 Å². The van der Waals surface area contributed by atoms with Gasteiger partial charge in [0.2, 0.25) is 5.95 Å². The van der Waals surface area contributed by atoms with E-state index < -0.39 is 11.6 Å². The number of hydrogen-bond donors (Lipinski definition) is 0. The minimum absolute atomic E-state index is 0.0327. The summed E-state index contributed by atoms with van der Waals surface area (Å²) >= 11 is 0. The summed E-state index contributed by atoms with van der Waals surface area (Å²) in [4.78, 5) is 15.7. The number of imidazole rings is 1. The Morgan fingerprint density at radius 3 is 2.78 bits per heavy atom. The van der Waals surface area contributed by atoms with E-state index in [-0.39, 0.29) is 17.4 Å². The zero-order valence-electron chi connectivity index (χ0n) is 16.9.